The number of hydrogen-bond acceptors (Lipinski definition) is 3. The number of amides is 2. The molecule has 2 aromatic rings. The number of carbonyl (C=O) groups excluding carboxylic acids is 2. The van der Waals surface area contributed by atoms with Crippen LogP contribution in [0.2, 0.25) is 0 Å². The van der Waals surface area contributed by atoms with E-state index in [2.05, 4.69) is 11.3 Å². The molecule has 1 aliphatic rings. The molecule has 0 aromatic heterocycles. The Morgan fingerprint density at radius 2 is 1.79 bits per heavy atom. The number of nitrogens with one attached hydrogen (secondary N) is 1. The first-order chi connectivity index (χ1) is 11.7. The van der Waals surface area contributed by atoms with E-state index in [0.717, 1.165) is 0 Å². The minimum atomic E-state index is -0.462. The number of carbonyl (C=O) groups is 2. The Bertz CT molecular complexity index is 850. The third kappa shape index (κ3) is 2.99. The van der Waals surface area contributed by atoms with Gasteiger partial charge in [-0.3, -0.25) is 15.0 Å². The van der Waals surface area contributed by atoms with Gasteiger partial charge < -0.3 is 4.74 Å². The Morgan fingerprint density at radius 3 is 2.54 bits per heavy atom. The van der Waals surface area contributed by atoms with Crippen LogP contribution in [0.3, 0.4) is 0 Å². The largest absolute Gasteiger partial charge is 0.480 e. The third-order valence-corrected chi connectivity index (χ3v) is 3.44. The van der Waals surface area contributed by atoms with Crippen molar-refractivity contribution in [3.8, 4) is 18.1 Å². The third-order valence-electron chi connectivity index (χ3n) is 3.44. The fraction of sp³-hybridized carbons (Fsp3) is 0.0526. The van der Waals surface area contributed by atoms with E-state index in [1.54, 1.807) is 48.5 Å². The van der Waals surface area contributed by atoms with E-state index in [1.807, 2.05) is 6.07 Å². The van der Waals surface area contributed by atoms with E-state index in [-0.39, 0.29) is 12.2 Å². The molecule has 0 unspecified atom stereocenters. The van der Waals surface area contributed by atoms with E-state index in [1.165, 1.54) is 11.1 Å². The van der Waals surface area contributed by atoms with Gasteiger partial charge in [-0.15, -0.1) is 6.42 Å². The highest BCUT2D eigenvalue weighted by molar-refractivity contribution is 6.31. The van der Waals surface area contributed by atoms with Crippen LogP contribution in [0, 0.1) is 12.3 Å². The summed E-state index contributed by atoms with van der Waals surface area (Å²) in [6.45, 7) is 0.108. The zero-order valence-electron chi connectivity index (χ0n) is 12.7. The first-order valence-corrected chi connectivity index (χ1v) is 7.28. The van der Waals surface area contributed by atoms with Crippen molar-refractivity contribution in [2.24, 2.45) is 0 Å². The molecule has 0 aliphatic carbocycles. The van der Waals surface area contributed by atoms with Gasteiger partial charge >= 0.3 is 0 Å². The molecule has 5 heteroatoms. The van der Waals surface area contributed by atoms with Gasteiger partial charge in [0.25, 0.3) is 11.8 Å². The first-order valence-electron chi connectivity index (χ1n) is 7.28. The molecule has 0 bridgehead atoms. The summed E-state index contributed by atoms with van der Waals surface area (Å²) in [6, 6.07) is 16.0. The fourth-order valence-corrected chi connectivity index (χ4v) is 2.32. The molecule has 1 fully saturated rings. The topological polar surface area (TPSA) is 58.6 Å². The summed E-state index contributed by atoms with van der Waals surface area (Å²) >= 11 is 0. The molecule has 0 spiro atoms. The zero-order valence-corrected chi connectivity index (χ0v) is 12.7. The van der Waals surface area contributed by atoms with Crippen LogP contribution in [-0.2, 0) is 9.59 Å². The van der Waals surface area contributed by atoms with Gasteiger partial charge in [0.05, 0.1) is 5.69 Å². The number of hydrazine groups is 1. The quantitative estimate of drug-likeness (QED) is 0.534. The number of hydrogen-bond donors (Lipinski definition) is 1. The van der Waals surface area contributed by atoms with Crippen LogP contribution in [0.1, 0.15) is 5.56 Å². The van der Waals surface area contributed by atoms with Gasteiger partial charge in [-0.05, 0) is 24.3 Å². The van der Waals surface area contributed by atoms with Crippen molar-refractivity contribution in [1.29, 1.82) is 0 Å². The smallest absolute Gasteiger partial charge is 0.282 e. The summed E-state index contributed by atoms with van der Waals surface area (Å²) in [5.41, 5.74) is 3.80. The lowest BCUT2D eigenvalue weighted by Gasteiger charge is -2.13. The first kappa shape index (κ1) is 15.4. The Kier molecular flexibility index (Phi) is 4.30. The average Bonchev–Trinajstić information content (AvgIpc) is 2.90. The Hall–Kier alpha value is -3.52. The summed E-state index contributed by atoms with van der Waals surface area (Å²) in [7, 11) is 0. The molecular formula is C19H14N2O3. The molecule has 0 atom stereocenters. The van der Waals surface area contributed by atoms with Gasteiger partial charge in [0.1, 0.15) is 17.9 Å². The molecule has 2 aromatic carbocycles. The van der Waals surface area contributed by atoms with Crippen molar-refractivity contribution >= 4 is 23.6 Å². The molecule has 118 valence electrons. The highest BCUT2D eigenvalue weighted by Crippen LogP contribution is 2.25. The van der Waals surface area contributed by atoms with Crippen LogP contribution >= 0.6 is 0 Å². The highest BCUT2D eigenvalue weighted by Gasteiger charge is 2.34. The Balaban J connectivity index is 1.93. The SMILES string of the molecule is C#CCOc1ccccc1C=C1C(=O)NN(c2ccccc2)C1=O. The van der Waals surface area contributed by atoms with Crippen molar-refractivity contribution in [3.05, 3.63) is 65.7 Å². The summed E-state index contributed by atoms with van der Waals surface area (Å²) < 4.78 is 5.44. The number of para-hydroxylation sites is 2. The molecule has 1 heterocycles. The van der Waals surface area contributed by atoms with Crippen molar-refractivity contribution in [2.75, 3.05) is 11.6 Å². The van der Waals surface area contributed by atoms with Crippen molar-refractivity contribution < 1.29 is 14.3 Å². The van der Waals surface area contributed by atoms with Crippen molar-refractivity contribution in [1.82, 2.24) is 5.43 Å². The lowest BCUT2D eigenvalue weighted by molar-refractivity contribution is -0.117. The predicted octanol–water partition coefficient (Wildman–Crippen LogP) is 2.16. The Labute approximate surface area is 139 Å². The predicted molar refractivity (Wildman–Crippen MR) is 90.8 cm³/mol. The number of ether oxygens (including phenoxy) is 1. The summed E-state index contributed by atoms with van der Waals surface area (Å²) in [4.78, 5) is 24.7. The second kappa shape index (κ2) is 6.71. The van der Waals surface area contributed by atoms with Crippen LogP contribution < -0.4 is 15.2 Å². The molecular weight excluding hydrogens is 304 g/mol. The van der Waals surface area contributed by atoms with E-state index >= 15 is 0 Å². The van der Waals surface area contributed by atoms with Crippen LogP contribution in [0.5, 0.6) is 5.75 Å². The summed E-state index contributed by atoms with van der Waals surface area (Å²) in [5, 5.41) is 1.22. The van der Waals surface area contributed by atoms with Crippen LogP contribution in [0.4, 0.5) is 5.69 Å². The molecule has 5 nitrogen and oxygen atoms in total. The monoisotopic (exact) mass is 318 g/mol. The average molecular weight is 318 g/mol. The molecule has 0 saturated carbocycles. The number of nitrogens with zero attached hydrogens (tertiary/aromatic N) is 1. The van der Waals surface area contributed by atoms with Gasteiger partial charge in [-0.25, -0.2) is 5.01 Å². The van der Waals surface area contributed by atoms with Crippen molar-refractivity contribution in [2.45, 2.75) is 0 Å². The van der Waals surface area contributed by atoms with Gasteiger partial charge in [0.15, 0.2) is 0 Å². The second-order valence-corrected chi connectivity index (χ2v) is 5.01. The van der Waals surface area contributed by atoms with Gasteiger partial charge in [0, 0.05) is 5.56 Å². The zero-order chi connectivity index (χ0) is 16.9. The standard InChI is InChI=1S/C19H14N2O3/c1-2-12-24-17-11-7-6-8-14(17)13-16-18(22)20-21(19(16)23)15-9-4-3-5-10-15/h1,3-11,13H,12H2,(H,20,22). The summed E-state index contributed by atoms with van der Waals surface area (Å²) in [6.07, 6.45) is 6.71. The normalized spacial score (nSPS) is 15.3. The van der Waals surface area contributed by atoms with Gasteiger partial charge in [-0.2, -0.15) is 0 Å². The molecule has 1 N–H and O–H groups in total. The maximum atomic E-state index is 12.5. The number of rotatable bonds is 4. The Morgan fingerprint density at radius 1 is 1.08 bits per heavy atom. The van der Waals surface area contributed by atoms with Crippen molar-refractivity contribution in [3.63, 3.8) is 0 Å². The van der Waals surface area contributed by atoms with E-state index in [4.69, 9.17) is 11.2 Å². The maximum Gasteiger partial charge on any atom is 0.282 e. The maximum absolute atomic E-state index is 12.5. The molecule has 0 radical (unpaired) electrons. The van der Waals surface area contributed by atoms with Gasteiger partial charge in [-0.1, -0.05) is 42.3 Å². The molecule has 24 heavy (non-hydrogen) atoms. The molecule has 2 amide bonds. The minimum absolute atomic E-state index is 0.0376. The lowest BCUT2D eigenvalue weighted by Crippen LogP contribution is -2.35. The van der Waals surface area contributed by atoms with Gasteiger partial charge in [0.2, 0.25) is 0 Å². The van der Waals surface area contributed by atoms with E-state index in [0.29, 0.717) is 17.0 Å². The van der Waals surface area contributed by atoms with E-state index in [9.17, 15) is 9.59 Å². The molecule has 1 saturated heterocycles. The van der Waals surface area contributed by atoms with Crippen LogP contribution in [0.15, 0.2) is 60.2 Å². The second-order valence-electron chi connectivity index (χ2n) is 5.01. The summed E-state index contributed by atoms with van der Waals surface area (Å²) in [5.74, 6) is 2.02. The molecule has 3 rings (SSSR count). The highest BCUT2D eigenvalue weighted by atomic mass is 16.5. The lowest BCUT2D eigenvalue weighted by atomic mass is 10.1. The minimum Gasteiger partial charge on any atom is -0.480 e. The van der Waals surface area contributed by atoms with Crippen LogP contribution in [0.25, 0.3) is 6.08 Å². The number of terminal acetylenes is 1. The number of benzene rings is 2. The number of anilines is 1. The fourth-order valence-electron chi connectivity index (χ4n) is 2.32. The van der Waals surface area contributed by atoms with Crippen LogP contribution in [-0.4, -0.2) is 18.4 Å². The molecule has 1 aliphatic heterocycles. The van der Waals surface area contributed by atoms with E-state index < -0.39 is 11.8 Å².